The van der Waals surface area contributed by atoms with Crippen molar-refractivity contribution in [3.8, 4) is 0 Å². The highest BCUT2D eigenvalue weighted by atomic mass is 16.6. The summed E-state index contributed by atoms with van der Waals surface area (Å²) < 4.78 is 5.51. The summed E-state index contributed by atoms with van der Waals surface area (Å²) in [6, 6.07) is 0. The second-order valence-electron chi connectivity index (χ2n) is 7.80. The average molecular weight is 262 g/mol. The second-order valence-corrected chi connectivity index (χ2v) is 7.80. The van der Waals surface area contributed by atoms with Gasteiger partial charge in [0.05, 0.1) is 6.42 Å². The maximum Gasteiger partial charge on any atom is 0.306 e. The maximum atomic E-state index is 12.1. The van der Waals surface area contributed by atoms with Crippen LogP contribution in [0.1, 0.15) is 53.4 Å². The third-order valence-corrected chi connectivity index (χ3v) is 5.36. The van der Waals surface area contributed by atoms with E-state index in [1.807, 2.05) is 20.8 Å². The van der Waals surface area contributed by atoms with Gasteiger partial charge in [-0.15, -0.1) is 0 Å². The summed E-state index contributed by atoms with van der Waals surface area (Å²) >= 11 is 0. The van der Waals surface area contributed by atoms with Crippen molar-refractivity contribution in [3.63, 3.8) is 0 Å². The molecule has 3 rings (SSSR count). The third kappa shape index (κ3) is 2.34. The summed E-state index contributed by atoms with van der Waals surface area (Å²) in [5.74, 6) is 3.73. The van der Waals surface area contributed by atoms with Crippen molar-refractivity contribution in [2.75, 3.05) is 0 Å². The summed E-state index contributed by atoms with van der Waals surface area (Å²) in [7, 11) is 0. The zero-order valence-corrected chi connectivity index (χ0v) is 12.6. The van der Waals surface area contributed by atoms with Crippen LogP contribution < -0.4 is 0 Å². The number of fused-ring (bicyclic) bond motifs is 5. The van der Waals surface area contributed by atoms with Crippen LogP contribution in [-0.2, 0) is 9.53 Å². The average Bonchev–Trinajstić information content (AvgIpc) is 2.89. The number of esters is 1. The topological polar surface area (TPSA) is 26.3 Å². The summed E-state index contributed by atoms with van der Waals surface area (Å²) in [5.41, 5.74) is 1.08. The first-order valence-electron chi connectivity index (χ1n) is 7.75. The van der Waals surface area contributed by atoms with E-state index in [4.69, 9.17) is 4.74 Å². The van der Waals surface area contributed by atoms with Crippen molar-refractivity contribution in [2.45, 2.75) is 59.0 Å². The van der Waals surface area contributed by atoms with Crippen LogP contribution >= 0.6 is 0 Å². The van der Waals surface area contributed by atoms with Gasteiger partial charge in [-0.3, -0.25) is 4.79 Å². The van der Waals surface area contributed by atoms with E-state index in [-0.39, 0.29) is 11.6 Å². The molecule has 0 spiro atoms. The van der Waals surface area contributed by atoms with Crippen molar-refractivity contribution in [2.24, 2.45) is 29.6 Å². The largest absolute Gasteiger partial charge is 0.460 e. The van der Waals surface area contributed by atoms with Crippen LogP contribution in [0.3, 0.4) is 0 Å². The van der Waals surface area contributed by atoms with Gasteiger partial charge in [0.1, 0.15) is 5.60 Å². The first-order chi connectivity index (χ1) is 8.85. The molecule has 5 atom stereocenters. The Morgan fingerprint density at radius 1 is 1.32 bits per heavy atom. The van der Waals surface area contributed by atoms with Gasteiger partial charge in [-0.1, -0.05) is 11.6 Å². The van der Waals surface area contributed by atoms with Crippen LogP contribution in [0.15, 0.2) is 11.6 Å². The quantitative estimate of drug-likeness (QED) is 0.556. The van der Waals surface area contributed by atoms with E-state index in [0.717, 1.165) is 23.7 Å². The molecule has 2 fully saturated rings. The highest BCUT2D eigenvalue weighted by Gasteiger charge is 2.52. The van der Waals surface area contributed by atoms with Gasteiger partial charge in [0.2, 0.25) is 0 Å². The Morgan fingerprint density at radius 2 is 2.00 bits per heavy atom. The molecule has 0 saturated heterocycles. The number of allylic oxidation sites excluding steroid dienone is 2. The number of carbonyl (C=O) groups is 1. The SMILES string of the molecule is CC1=C[C@H]2[C@@H]3CC[C@@H](C3)[C@H]2[C@@H]1CC(=O)OC(C)(C)C. The number of hydrogen-bond acceptors (Lipinski definition) is 2. The van der Waals surface area contributed by atoms with Crippen LogP contribution in [-0.4, -0.2) is 11.6 Å². The van der Waals surface area contributed by atoms with E-state index in [9.17, 15) is 4.79 Å². The van der Waals surface area contributed by atoms with Gasteiger partial charge in [0.25, 0.3) is 0 Å². The Hall–Kier alpha value is -0.790. The number of carbonyl (C=O) groups excluding carboxylic acids is 1. The molecule has 0 N–H and O–H groups in total. The molecule has 2 saturated carbocycles. The van der Waals surface area contributed by atoms with E-state index in [1.165, 1.54) is 24.8 Å². The van der Waals surface area contributed by atoms with Gasteiger partial charge in [0, 0.05) is 0 Å². The van der Waals surface area contributed by atoms with Gasteiger partial charge in [-0.05, 0) is 76.5 Å². The van der Waals surface area contributed by atoms with Gasteiger partial charge >= 0.3 is 5.97 Å². The summed E-state index contributed by atoms with van der Waals surface area (Å²) in [4.78, 5) is 12.1. The molecule has 0 aromatic heterocycles. The maximum absolute atomic E-state index is 12.1. The lowest BCUT2D eigenvalue weighted by atomic mass is 9.75. The van der Waals surface area contributed by atoms with E-state index < -0.39 is 0 Å². The lowest BCUT2D eigenvalue weighted by molar-refractivity contribution is -0.156. The first-order valence-corrected chi connectivity index (χ1v) is 7.75. The van der Waals surface area contributed by atoms with E-state index in [0.29, 0.717) is 12.3 Å². The number of hydrogen-bond donors (Lipinski definition) is 0. The van der Waals surface area contributed by atoms with Crippen LogP contribution in [0, 0.1) is 29.6 Å². The zero-order valence-electron chi connectivity index (χ0n) is 12.6. The molecule has 0 heterocycles. The highest BCUT2D eigenvalue weighted by Crippen LogP contribution is 2.60. The molecule has 3 aliphatic carbocycles. The Labute approximate surface area is 116 Å². The number of ether oxygens (including phenoxy) is 1. The lowest BCUT2D eigenvalue weighted by Crippen LogP contribution is -2.29. The Kier molecular flexibility index (Phi) is 3.03. The van der Waals surface area contributed by atoms with Gasteiger partial charge < -0.3 is 4.74 Å². The van der Waals surface area contributed by atoms with Crippen LogP contribution in [0.4, 0.5) is 0 Å². The lowest BCUT2D eigenvalue weighted by Gasteiger charge is -2.30. The van der Waals surface area contributed by atoms with Gasteiger partial charge in [-0.2, -0.15) is 0 Å². The Bertz CT molecular complexity index is 415. The van der Waals surface area contributed by atoms with Crippen molar-refractivity contribution in [3.05, 3.63) is 11.6 Å². The summed E-state index contributed by atoms with van der Waals surface area (Å²) in [6.07, 6.45) is 7.27. The molecule has 19 heavy (non-hydrogen) atoms. The molecule has 2 heteroatoms. The van der Waals surface area contributed by atoms with E-state index >= 15 is 0 Å². The number of rotatable bonds is 2. The predicted octanol–water partition coefficient (Wildman–Crippen LogP) is 3.96. The predicted molar refractivity (Wildman–Crippen MR) is 75.5 cm³/mol. The molecule has 0 aromatic carbocycles. The normalized spacial score (nSPS) is 40.2. The molecule has 106 valence electrons. The fourth-order valence-corrected chi connectivity index (χ4v) is 4.81. The molecule has 0 radical (unpaired) electrons. The molecule has 0 aliphatic heterocycles. The molecule has 0 unspecified atom stereocenters. The van der Waals surface area contributed by atoms with Crippen molar-refractivity contribution in [1.82, 2.24) is 0 Å². The van der Waals surface area contributed by atoms with Crippen molar-refractivity contribution < 1.29 is 9.53 Å². The molecule has 0 amide bonds. The Morgan fingerprint density at radius 3 is 2.68 bits per heavy atom. The van der Waals surface area contributed by atoms with Crippen molar-refractivity contribution >= 4 is 5.97 Å². The minimum atomic E-state index is -0.360. The monoisotopic (exact) mass is 262 g/mol. The first kappa shape index (κ1) is 13.2. The van der Waals surface area contributed by atoms with Gasteiger partial charge in [0.15, 0.2) is 0 Å². The fourth-order valence-electron chi connectivity index (χ4n) is 4.81. The smallest absolute Gasteiger partial charge is 0.306 e. The minimum absolute atomic E-state index is 0.0197. The zero-order chi connectivity index (χ0) is 13.8. The van der Waals surface area contributed by atoms with Crippen molar-refractivity contribution in [1.29, 1.82) is 0 Å². The fraction of sp³-hybridized carbons (Fsp3) is 0.824. The highest BCUT2D eigenvalue weighted by molar-refractivity contribution is 5.71. The third-order valence-electron chi connectivity index (χ3n) is 5.36. The summed E-state index contributed by atoms with van der Waals surface area (Å²) in [6.45, 7) is 8.06. The molecule has 3 aliphatic rings. The molecular weight excluding hydrogens is 236 g/mol. The molecule has 2 bridgehead atoms. The Balaban J connectivity index is 1.68. The standard InChI is InChI=1S/C17H26O2/c1-10-7-14-11-5-6-12(8-11)16(14)13(10)9-15(18)19-17(2,3)4/h7,11-14,16H,5-6,8-9H2,1-4H3/t11-,12+,13-,14+,16+/m1/s1. The van der Waals surface area contributed by atoms with Crippen LogP contribution in [0.25, 0.3) is 0 Å². The molecular formula is C17H26O2. The van der Waals surface area contributed by atoms with Crippen LogP contribution in [0.5, 0.6) is 0 Å². The van der Waals surface area contributed by atoms with Crippen LogP contribution in [0.2, 0.25) is 0 Å². The van der Waals surface area contributed by atoms with Gasteiger partial charge in [-0.25, -0.2) is 0 Å². The van der Waals surface area contributed by atoms with E-state index in [1.54, 1.807) is 0 Å². The summed E-state index contributed by atoms with van der Waals surface area (Å²) in [5, 5.41) is 0. The van der Waals surface area contributed by atoms with E-state index in [2.05, 4.69) is 13.0 Å². The molecule has 0 aromatic rings. The minimum Gasteiger partial charge on any atom is -0.460 e. The molecule has 2 nitrogen and oxygen atoms in total. The second kappa shape index (κ2) is 4.36.